The zero-order chi connectivity index (χ0) is 22.0. The maximum atomic E-state index is 13.4. The largest absolute Gasteiger partial charge is 0.495 e. The third-order valence-corrected chi connectivity index (χ3v) is 5.00. The van der Waals surface area contributed by atoms with Crippen molar-refractivity contribution >= 4 is 40.6 Å². The first-order valence-electron chi connectivity index (χ1n) is 9.58. The number of aromatic nitrogens is 1. The van der Waals surface area contributed by atoms with Crippen LogP contribution in [-0.2, 0) is 0 Å². The molecule has 7 nitrogen and oxygen atoms in total. The number of hydrogen-bond donors (Lipinski definition) is 1. The van der Waals surface area contributed by atoms with Gasteiger partial charge < -0.3 is 10.1 Å². The van der Waals surface area contributed by atoms with Crippen LogP contribution >= 0.6 is 12.4 Å². The summed E-state index contributed by atoms with van der Waals surface area (Å²) in [6, 6.07) is 20.9. The van der Waals surface area contributed by atoms with Crippen molar-refractivity contribution in [2.45, 2.75) is 6.92 Å². The Labute approximate surface area is 190 Å². The number of ether oxygens (including phenoxy) is 1. The van der Waals surface area contributed by atoms with E-state index in [0.717, 1.165) is 5.56 Å². The molecule has 1 heterocycles. The summed E-state index contributed by atoms with van der Waals surface area (Å²) >= 11 is 0. The van der Waals surface area contributed by atoms with E-state index in [1.807, 2.05) is 36.4 Å². The molecule has 0 aliphatic rings. The lowest BCUT2D eigenvalue weighted by Gasteiger charge is -2.16. The van der Waals surface area contributed by atoms with Gasteiger partial charge in [-0.05, 0) is 30.7 Å². The van der Waals surface area contributed by atoms with Gasteiger partial charge in [-0.2, -0.15) is 0 Å². The molecule has 0 unspecified atom stereocenters. The number of carbonyl (C=O) groups excluding carboxylic acids is 1. The SMILES string of the molecule is COc1ccccc1NC(=O)c1c(C)nc2ccc([N+](=O)[O-])cc2c1-c1ccccc1.Cl. The molecule has 4 aromatic rings. The van der Waals surface area contributed by atoms with Gasteiger partial charge in [0.1, 0.15) is 5.75 Å². The second-order valence-electron chi connectivity index (χ2n) is 6.93. The van der Waals surface area contributed by atoms with Gasteiger partial charge in [0.05, 0.1) is 34.5 Å². The summed E-state index contributed by atoms with van der Waals surface area (Å²) in [6.45, 7) is 1.75. The van der Waals surface area contributed by atoms with E-state index in [1.54, 1.807) is 31.2 Å². The highest BCUT2D eigenvalue weighted by molar-refractivity contribution is 6.15. The van der Waals surface area contributed by atoms with Gasteiger partial charge in [-0.15, -0.1) is 12.4 Å². The van der Waals surface area contributed by atoms with Crippen LogP contribution in [0.2, 0.25) is 0 Å². The molecule has 0 fully saturated rings. The van der Waals surface area contributed by atoms with Crippen LogP contribution in [0.25, 0.3) is 22.0 Å². The molecule has 1 N–H and O–H groups in total. The van der Waals surface area contributed by atoms with Gasteiger partial charge in [0.25, 0.3) is 11.6 Å². The van der Waals surface area contributed by atoms with Crippen LogP contribution in [0.15, 0.2) is 72.8 Å². The number of fused-ring (bicyclic) bond motifs is 1. The number of carbonyl (C=O) groups is 1. The molecule has 0 aliphatic heterocycles. The lowest BCUT2D eigenvalue weighted by Crippen LogP contribution is -2.16. The second kappa shape index (κ2) is 9.45. The maximum absolute atomic E-state index is 13.4. The second-order valence-corrected chi connectivity index (χ2v) is 6.93. The lowest BCUT2D eigenvalue weighted by atomic mass is 9.93. The normalized spacial score (nSPS) is 10.3. The molecule has 0 spiro atoms. The molecule has 162 valence electrons. The number of nitrogens with zero attached hydrogens (tertiary/aromatic N) is 2. The Morgan fingerprint density at radius 1 is 1.03 bits per heavy atom. The number of pyridine rings is 1. The van der Waals surface area contributed by atoms with Crippen molar-refractivity contribution in [3.05, 3.63) is 94.2 Å². The number of hydrogen-bond acceptors (Lipinski definition) is 5. The van der Waals surface area contributed by atoms with Gasteiger partial charge in [-0.1, -0.05) is 42.5 Å². The molecule has 0 saturated carbocycles. The minimum Gasteiger partial charge on any atom is -0.495 e. The topological polar surface area (TPSA) is 94.4 Å². The van der Waals surface area contributed by atoms with Crippen molar-refractivity contribution in [2.75, 3.05) is 12.4 Å². The monoisotopic (exact) mass is 449 g/mol. The zero-order valence-corrected chi connectivity index (χ0v) is 18.2. The molecule has 8 heteroatoms. The van der Waals surface area contributed by atoms with Gasteiger partial charge in [0.15, 0.2) is 0 Å². The van der Waals surface area contributed by atoms with E-state index in [0.29, 0.717) is 39.2 Å². The molecule has 0 atom stereocenters. The van der Waals surface area contributed by atoms with E-state index in [9.17, 15) is 14.9 Å². The molecule has 0 aliphatic carbocycles. The number of non-ortho nitro benzene ring substituents is 1. The van der Waals surface area contributed by atoms with Crippen LogP contribution in [0, 0.1) is 17.0 Å². The fourth-order valence-electron chi connectivity index (χ4n) is 3.60. The van der Waals surface area contributed by atoms with Crippen molar-refractivity contribution in [3.8, 4) is 16.9 Å². The van der Waals surface area contributed by atoms with E-state index in [4.69, 9.17) is 4.74 Å². The highest BCUT2D eigenvalue weighted by atomic mass is 35.5. The quantitative estimate of drug-likeness (QED) is 0.307. The first-order valence-corrected chi connectivity index (χ1v) is 9.58. The Hall–Kier alpha value is -3.97. The minimum atomic E-state index is -0.456. The van der Waals surface area contributed by atoms with Crippen molar-refractivity contribution in [2.24, 2.45) is 0 Å². The number of benzene rings is 3. The van der Waals surface area contributed by atoms with Crippen molar-refractivity contribution in [1.29, 1.82) is 0 Å². The summed E-state index contributed by atoms with van der Waals surface area (Å²) in [4.78, 5) is 28.9. The smallest absolute Gasteiger partial charge is 0.270 e. The lowest BCUT2D eigenvalue weighted by molar-refractivity contribution is -0.384. The maximum Gasteiger partial charge on any atom is 0.270 e. The Kier molecular flexibility index (Phi) is 6.70. The number of aryl methyl sites for hydroxylation is 1. The van der Waals surface area contributed by atoms with Crippen LogP contribution in [0.1, 0.15) is 16.1 Å². The molecule has 0 radical (unpaired) electrons. The van der Waals surface area contributed by atoms with Crippen molar-refractivity contribution in [3.63, 3.8) is 0 Å². The number of para-hydroxylation sites is 2. The van der Waals surface area contributed by atoms with Crippen LogP contribution < -0.4 is 10.1 Å². The molecule has 3 aromatic carbocycles. The number of methoxy groups -OCH3 is 1. The Bertz CT molecular complexity index is 1310. The fourth-order valence-corrected chi connectivity index (χ4v) is 3.60. The summed E-state index contributed by atoms with van der Waals surface area (Å²) < 4.78 is 5.33. The molecule has 1 aromatic heterocycles. The summed E-state index contributed by atoms with van der Waals surface area (Å²) in [7, 11) is 1.53. The third kappa shape index (κ3) is 4.24. The molecule has 1 amide bonds. The summed E-state index contributed by atoms with van der Waals surface area (Å²) in [5.74, 6) is 0.154. The minimum absolute atomic E-state index is 0. The fraction of sp³-hybridized carbons (Fsp3) is 0.0833. The Morgan fingerprint density at radius 2 is 1.72 bits per heavy atom. The van der Waals surface area contributed by atoms with Crippen LogP contribution in [-0.4, -0.2) is 22.9 Å². The predicted molar refractivity (Wildman–Crippen MR) is 127 cm³/mol. The summed E-state index contributed by atoms with van der Waals surface area (Å²) in [5, 5.41) is 14.8. The Morgan fingerprint density at radius 3 is 2.41 bits per heavy atom. The zero-order valence-electron chi connectivity index (χ0n) is 17.4. The van der Waals surface area contributed by atoms with Crippen molar-refractivity contribution < 1.29 is 14.5 Å². The number of halogens is 1. The van der Waals surface area contributed by atoms with E-state index < -0.39 is 4.92 Å². The van der Waals surface area contributed by atoms with Crippen LogP contribution in [0.3, 0.4) is 0 Å². The van der Waals surface area contributed by atoms with E-state index in [2.05, 4.69) is 10.3 Å². The van der Waals surface area contributed by atoms with Gasteiger partial charge in [0, 0.05) is 23.1 Å². The highest BCUT2D eigenvalue weighted by Crippen LogP contribution is 2.35. The summed E-state index contributed by atoms with van der Waals surface area (Å²) in [6.07, 6.45) is 0. The first-order chi connectivity index (χ1) is 15.0. The van der Waals surface area contributed by atoms with E-state index >= 15 is 0 Å². The number of nitro groups is 1. The number of anilines is 1. The third-order valence-electron chi connectivity index (χ3n) is 5.00. The highest BCUT2D eigenvalue weighted by Gasteiger charge is 2.22. The van der Waals surface area contributed by atoms with Gasteiger partial charge in [0.2, 0.25) is 0 Å². The van der Waals surface area contributed by atoms with Gasteiger partial charge in [-0.3, -0.25) is 19.9 Å². The standard InChI is InChI=1S/C24H19N3O4.ClH/c1-15-22(24(28)26-20-10-6-7-11-21(20)31-2)23(16-8-4-3-5-9-16)18-14-17(27(29)30)12-13-19(18)25-15;/h3-14H,1-2H3,(H,26,28);1H. The molecule has 4 rings (SSSR count). The molecule has 0 saturated heterocycles. The predicted octanol–water partition coefficient (Wildman–Crippen LogP) is 5.80. The number of amides is 1. The average molecular weight is 450 g/mol. The van der Waals surface area contributed by atoms with Crippen molar-refractivity contribution in [1.82, 2.24) is 4.98 Å². The van der Waals surface area contributed by atoms with Crippen LogP contribution in [0.5, 0.6) is 5.75 Å². The molecule has 0 bridgehead atoms. The van der Waals surface area contributed by atoms with Crippen LogP contribution in [0.4, 0.5) is 11.4 Å². The van der Waals surface area contributed by atoms with E-state index in [-0.39, 0.29) is 24.0 Å². The van der Waals surface area contributed by atoms with Gasteiger partial charge in [-0.25, -0.2) is 0 Å². The number of rotatable bonds is 5. The average Bonchev–Trinajstić information content (AvgIpc) is 2.78. The summed E-state index contributed by atoms with van der Waals surface area (Å²) in [5.41, 5.74) is 3.27. The molecular formula is C24H20ClN3O4. The molecule has 32 heavy (non-hydrogen) atoms. The van der Waals surface area contributed by atoms with E-state index in [1.165, 1.54) is 19.2 Å². The van der Waals surface area contributed by atoms with Gasteiger partial charge >= 0.3 is 0 Å². The molecular weight excluding hydrogens is 430 g/mol. The number of nitrogens with one attached hydrogen (secondary N) is 1. The Balaban J connectivity index is 0.00000289. The first kappa shape index (κ1) is 22.7. The number of nitro benzene ring substituents is 1.